The fourth-order valence-corrected chi connectivity index (χ4v) is 5.31. The molecule has 0 atom stereocenters. The molecule has 2 aliphatic rings. The fourth-order valence-electron chi connectivity index (χ4n) is 5.31. The maximum absolute atomic E-state index is 11.3. The standard InChI is InChI=1S/C30H30N4O4.2C3H7NO2.ClH.Ga/c1-15-9-20-12-25-17(3)21(5-7-29(35)36)27(33-25)14-28-22(6-8-30(37)38)18(4)26(34-28)13-24-16(2)10-19(32-24)11-23(15)31-20;2*4-3(6)1-2-5;;/h9-14,31-32H,5-8H2,1-4H3,(H,35,36)(H,37,38);2*5H,1-2H2,(H2,4,6);1H;/q;;;;+3/p-3. The SMILES string of the molecule is CC1=C(CCC(=O)[O-])c2cc3nc(cc4[nH]c(cc4C)cc4[nH]c(cc1n2)cc4C)C(C)=C3CCC(=O)[O-].NC(=O)CCO.NC(=O)CCO.[Cl-].[Ga+3]. The second-order valence-corrected chi connectivity index (χ2v) is 11.8. The van der Waals surface area contributed by atoms with Crippen molar-refractivity contribution >= 4 is 87.9 Å². The van der Waals surface area contributed by atoms with Crippen molar-refractivity contribution in [2.45, 2.75) is 66.2 Å². The van der Waals surface area contributed by atoms with Gasteiger partial charge >= 0.3 is 19.8 Å². The molecule has 16 heteroatoms. The Balaban J connectivity index is 0.000000837. The number of aliphatic carboxylic acids is 2. The minimum atomic E-state index is -1.13. The van der Waals surface area contributed by atoms with Gasteiger partial charge in [0.05, 0.1) is 36.0 Å². The van der Waals surface area contributed by atoms with Gasteiger partial charge in [-0.15, -0.1) is 0 Å². The number of carboxylic acids is 2. The zero-order chi connectivity index (χ0) is 37.1. The van der Waals surface area contributed by atoms with Crippen molar-refractivity contribution < 1.29 is 52.0 Å². The number of aromatic nitrogens is 4. The van der Waals surface area contributed by atoms with Crippen molar-refractivity contribution in [3.05, 3.63) is 70.3 Å². The van der Waals surface area contributed by atoms with Crippen LogP contribution >= 0.6 is 0 Å². The predicted octanol–water partition coefficient (Wildman–Crippen LogP) is -1.82. The summed E-state index contributed by atoms with van der Waals surface area (Å²) in [5, 5.41) is 38.5. The van der Waals surface area contributed by atoms with Gasteiger partial charge in [0.15, 0.2) is 0 Å². The summed E-state index contributed by atoms with van der Waals surface area (Å²) >= 11 is 0. The molecule has 0 spiro atoms. The molecule has 52 heavy (non-hydrogen) atoms. The van der Waals surface area contributed by atoms with E-state index in [0.717, 1.165) is 66.9 Å². The Hall–Kier alpha value is -4.67. The van der Waals surface area contributed by atoms with Crippen LogP contribution in [0, 0.1) is 13.8 Å². The summed E-state index contributed by atoms with van der Waals surface area (Å²) in [4.78, 5) is 58.6. The Morgan fingerprint density at radius 2 is 1.00 bits per heavy atom. The molecule has 0 fully saturated rings. The first-order valence-electron chi connectivity index (χ1n) is 15.9. The van der Waals surface area contributed by atoms with E-state index in [1.54, 1.807) is 0 Å². The maximum atomic E-state index is 11.3. The molecule has 274 valence electrons. The molecule has 0 radical (unpaired) electrons. The Kier molecular flexibility index (Phi) is 18.3. The van der Waals surface area contributed by atoms with Crippen LogP contribution < -0.4 is 34.1 Å². The van der Waals surface area contributed by atoms with E-state index in [1.807, 2.05) is 45.9 Å². The number of rotatable bonds is 10. The zero-order valence-electron chi connectivity index (χ0n) is 29.5. The van der Waals surface area contributed by atoms with Gasteiger partial charge in [-0.1, -0.05) is 0 Å². The number of allylic oxidation sites excluding steroid dienone is 4. The van der Waals surface area contributed by atoms with Crippen LogP contribution in [-0.4, -0.2) is 86.9 Å². The number of aryl methyl sites for hydroxylation is 2. The number of aliphatic hydroxyl groups excluding tert-OH is 2. The van der Waals surface area contributed by atoms with Crippen LogP contribution in [0.2, 0.25) is 0 Å². The van der Waals surface area contributed by atoms with Gasteiger partial charge in [-0.05, 0) is 123 Å². The van der Waals surface area contributed by atoms with E-state index in [1.165, 1.54) is 0 Å². The Labute approximate surface area is 319 Å². The molecule has 0 saturated carbocycles. The number of nitrogens with two attached hydrogens (primary N) is 2. The summed E-state index contributed by atoms with van der Waals surface area (Å²) < 4.78 is 0. The first-order valence-corrected chi connectivity index (χ1v) is 15.9. The number of nitrogens with one attached hydrogen (secondary N) is 2. The van der Waals surface area contributed by atoms with Gasteiger partial charge in [0, 0.05) is 46.8 Å². The minimum Gasteiger partial charge on any atom is -1.00 e. The van der Waals surface area contributed by atoms with Crippen LogP contribution in [-0.2, 0) is 19.2 Å². The van der Waals surface area contributed by atoms with Crippen molar-refractivity contribution in [3.63, 3.8) is 0 Å². The summed E-state index contributed by atoms with van der Waals surface area (Å²) in [5.74, 6) is -3.18. The molecule has 8 bridgehead atoms. The summed E-state index contributed by atoms with van der Waals surface area (Å²) in [5.41, 5.74) is 21.2. The van der Waals surface area contributed by atoms with Crippen molar-refractivity contribution in [2.75, 3.05) is 13.2 Å². The summed E-state index contributed by atoms with van der Waals surface area (Å²) in [6, 6.07) is 11.9. The number of aromatic amines is 2. The predicted molar refractivity (Wildman–Crippen MR) is 191 cm³/mol. The Morgan fingerprint density at radius 1 is 0.615 bits per heavy atom. The van der Waals surface area contributed by atoms with Crippen LogP contribution in [0.25, 0.3) is 44.4 Å². The monoisotopic (exact) mass is 790 g/mol. The number of hydrogen-bond donors (Lipinski definition) is 6. The summed E-state index contributed by atoms with van der Waals surface area (Å²) in [6.07, 6.45) is 0.402. The molecule has 8 N–H and O–H groups in total. The van der Waals surface area contributed by atoms with Crippen LogP contribution in [0.15, 0.2) is 36.4 Å². The van der Waals surface area contributed by atoms with E-state index in [2.05, 4.69) is 39.6 Å². The quantitative estimate of drug-likeness (QED) is 0.125. The fraction of sp³-hybridized carbons (Fsp3) is 0.333. The molecule has 0 aliphatic carbocycles. The Bertz CT molecular complexity index is 2000. The normalized spacial score (nSPS) is 11.7. The smallest absolute Gasteiger partial charge is 1.00 e. The Morgan fingerprint density at radius 3 is 1.37 bits per heavy atom. The van der Waals surface area contributed by atoms with Crippen LogP contribution in [0.5, 0.6) is 0 Å². The number of carboxylic acid groups (broad SMARTS) is 2. The van der Waals surface area contributed by atoms with E-state index in [-0.39, 0.29) is 83.9 Å². The number of nitrogens with zero attached hydrogens (tertiary/aromatic N) is 2. The average Bonchev–Trinajstić information content (AvgIpc) is 3.71. The third kappa shape index (κ3) is 12.8. The van der Waals surface area contributed by atoms with E-state index in [9.17, 15) is 29.4 Å². The summed E-state index contributed by atoms with van der Waals surface area (Å²) in [6.45, 7) is 7.65. The minimum absolute atomic E-state index is 0. The van der Waals surface area contributed by atoms with Gasteiger partial charge < -0.3 is 63.9 Å². The van der Waals surface area contributed by atoms with Crippen molar-refractivity contribution in [1.82, 2.24) is 19.9 Å². The largest absolute Gasteiger partial charge is 3.00 e. The zero-order valence-corrected chi connectivity index (χ0v) is 32.6. The number of fused-ring (bicyclic) bond motifs is 8. The number of aliphatic hydroxyl groups is 2. The number of carbonyl (C=O) groups excluding carboxylic acids is 4. The third-order valence-electron chi connectivity index (χ3n) is 7.95. The molecular weight excluding hydrogens is 750 g/mol. The molecule has 0 saturated heterocycles. The number of carbonyl (C=O) groups is 4. The topological polar surface area (TPSA) is 264 Å². The molecule has 0 unspecified atom stereocenters. The first-order chi connectivity index (χ1) is 23.6. The van der Waals surface area contributed by atoms with Crippen LogP contribution in [0.3, 0.4) is 0 Å². The molecule has 2 amide bonds. The van der Waals surface area contributed by atoms with Crippen LogP contribution in [0.1, 0.15) is 86.3 Å². The van der Waals surface area contributed by atoms with E-state index in [0.29, 0.717) is 11.4 Å². The second-order valence-electron chi connectivity index (χ2n) is 11.8. The number of H-pyrrole nitrogens is 2. The van der Waals surface area contributed by atoms with Gasteiger partial charge in [-0.2, -0.15) is 0 Å². The molecule has 14 nitrogen and oxygen atoms in total. The van der Waals surface area contributed by atoms with Gasteiger partial charge in [-0.25, -0.2) is 9.97 Å². The van der Waals surface area contributed by atoms with E-state index < -0.39 is 23.8 Å². The van der Waals surface area contributed by atoms with Crippen molar-refractivity contribution in [2.24, 2.45) is 11.5 Å². The van der Waals surface area contributed by atoms with Gasteiger partial charge in [0.2, 0.25) is 11.8 Å². The molecule has 2 aliphatic heterocycles. The van der Waals surface area contributed by atoms with Crippen molar-refractivity contribution in [3.8, 4) is 0 Å². The number of hydrogen-bond acceptors (Lipinski definition) is 10. The number of primary amides is 2. The number of halogens is 1. The molecule has 5 rings (SSSR count). The van der Waals surface area contributed by atoms with E-state index >= 15 is 0 Å². The molecular formula is C36H42ClGaN6O8. The van der Waals surface area contributed by atoms with Crippen LogP contribution in [0.4, 0.5) is 0 Å². The number of amides is 2. The molecule has 5 heterocycles. The van der Waals surface area contributed by atoms with Gasteiger partial charge in [0.25, 0.3) is 0 Å². The average molecular weight is 792 g/mol. The molecule has 3 aromatic heterocycles. The molecule has 0 aromatic carbocycles. The van der Waals surface area contributed by atoms with Gasteiger partial charge in [-0.3, -0.25) is 9.59 Å². The first kappa shape index (κ1) is 45.3. The van der Waals surface area contributed by atoms with Gasteiger partial charge in [0.1, 0.15) is 0 Å². The van der Waals surface area contributed by atoms with Crippen molar-refractivity contribution in [1.29, 1.82) is 0 Å². The maximum Gasteiger partial charge on any atom is 3.00 e. The second kappa shape index (κ2) is 21.0. The molecule has 3 aromatic rings. The van der Waals surface area contributed by atoms with E-state index in [4.69, 9.17) is 20.2 Å². The third-order valence-corrected chi connectivity index (χ3v) is 7.95. The summed E-state index contributed by atoms with van der Waals surface area (Å²) in [7, 11) is 0.